The molecule has 0 atom stereocenters. The van der Waals surface area contributed by atoms with Crippen molar-refractivity contribution in [1.82, 2.24) is 9.55 Å². The largest absolute Gasteiger partial charge is 0.383 e. The van der Waals surface area contributed by atoms with Crippen LogP contribution in [0.5, 0.6) is 0 Å². The molecule has 1 heterocycles. The molecule has 20 heavy (non-hydrogen) atoms. The third kappa shape index (κ3) is 3.05. The molecule has 1 aliphatic rings. The highest BCUT2D eigenvalue weighted by atomic mass is 16.2. The molecule has 6 nitrogen and oxygen atoms in total. The summed E-state index contributed by atoms with van der Waals surface area (Å²) in [6.45, 7) is 2.22. The first-order chi connectivity index (χ1) is 9.52. The highest BCUT2D eigenvalue weighted by Crippen LogP contribution is 2.29. The lowest BCUT2D eigenvalue weighted by atomic mass is 9.83. The third-order valence-electron chi connectivity index (χ3n) is 4.26. The number of hydrogen-bond acceptors (Lipinski definition) is 4. The Morgan fingerprint density at radius 3 is 2.55 bits per heavy atom. The maximum absolute atomic E-state index is 11.8. The standard InChI is InChI=1S/C14H24N4O2/c1-3-4-9-5-7-10(8-6-9)16-11-12(15)18(2)14(20)17-13(11)19/h9-10,16H,3-8,15H2,1-2H3,(H,17,19,20). The topological polar surface area (TPSA) is 92.9 Å². The quantitative estimate of drug-likeness (QED) is 0.777. The summed E-state index contributed by atoms with van der Waals surface area (Å²) in [4.78, 5) is 25.5. The molecule has 0 bridgehead atoms. The number of nitrogen functional groups attached to an aromatic ring is 1. The van der Waals surface area contributed by atoms with Crippen LogP contribution in [0.25, 0.3) is 0 Å². The van der Waals surface area contributed by atoms with Crippen LogP contribution in [0.3, 0.4) is 0 Å². The summed E-state index contributed by atoms with van der Waals surface area (Å²) in [5.41, 5.74) is 5.27. The molecule has 0 aromatic carbocycles. The van der Waals surface area contributed by atoms with Crippen LogP contribution in [0.2, 0.25) is 0 Å². The van der Waals surface area contributed by atoms with Crippen LogP contribution in [0, 0.1) is 5.92 Å². The lowest BCUT2D eigenvalue weighted by molar-refractivity contribution is 0.319. The van der Waals surface area contributed by atoms with Gasteiger partial charge in [0.15, 0.2) is 0 Å². The minimum Gasteiger partial charge on any atom is -0.383 e. The van der Waals surface area contributed by atoms with Gasteiger partial charge in [-0.05, 0) is 31.6 Å². The van der Waals surface area contributed by atoms with Crippen LogP contribution >= 0.6 is 0 Å². The molecule has 1 aliphatic carbocycles. The van der Waals surface area contributed by atoms with Crippen molar-refractivity contribution in [3.8, 4) is 0 Å². The predicted molar refractivity (Wildman–Crippen MR) is 81.0 cm³/mol. The second-order valence-electron chi connectivity index (χ2n) is 5.73. The second-order valence-corrected chi connectivity index (χ2v) is 5.73. The fourth-order valence-corrected chi connectivity index (χ4v) is 2.98. The maximum Gasteiger partial charge on any atom is 0.329 e. The van der Waals surface area contributed by atoms with Crippen LogP contribution in [0.4, 0.5) is 11.5 Å². The minimum absolute atomic E-state index is 0.203. The summed E-state index contributed by atoms with van der Waals surface area (Å²) < 4.78 is 1.26. The number of H-pyrrole nitrogens is 1. The number of nitrogens with zero attached hydrogens (tertiary/aromatic N) is 1. The van der Waals surface area contributed by atoms with E-state index in [0.29, 0.717) is 5.69 Å². The number of hydrogen-bond donors (Lipinski definition) is 3. The van der Waals surface area contributed by atoms with Gasteiger partial charge < -0.3 is 11.1 Å². The van der Waals surface area contributed by atoms with Crippen LogP contribution in [-0.2, 0) is 7.05 Å². The SMILES string of the molecule is CCCC1CCC(Nc2c(N)n(C)c(=O)[nH]c2=O)CC1. The Labute approximate surface area is 118 Å². The Morgan fingerprint density at radius 1 is 1.30 bits per heavy atom. The molecule has 1 fully saturated rings. The minimum atomic E-state index is -0.482. The number of nitrogens with two attached hydrogens (primary N) is 1. The molecule has 0 saturated heterocycles. The summed E-state index contributed by atoms with van der Waals surface area (Å²) in [6, 6.07) is 0.268. The Hall–Kier alpha value is -1.72. The lowest BCUT2D eigenvalue weighted by Gasteiger charge is -2.29. The molecule has 2 rings (SSSR count). The molecule has 1 aromatic rings. The molecule has 0 spiro atoms. The van der Waals surface area contributed by atoms with Gasteiger partial charge in [-0.2, -0.15) is 0 Å². The van der Waals surface area contributed by atoms with Gasteiger partial charge in [0.25, 0.3) is 5.56 Å². The van der Waals surface area contributed by atoms with Crippen molar-refractivity contribution >= 4 is 11.5 Å². The summed E-state index contributed by atoms with van der Waals surface area (Å²) in [5, 5.41) is 3.22. The predicted octanol–water partition coefficient (Wildman–Crippen LogP) is 1.43. The van der Waals surface area contributed by atoms with Gasteiger partial charge in [-0.1, -0.05) is 19.8 Å². The van der Waals surface area contributed by atoms with Gasteiger partial charge in [-0.25, -0.2) is 4.79 Å². The van der Waals surface area contributed by atoms with Crippen LogP contribution in [0.1, 0.15) is 45.4 Å². The van der Waals surface area contributed by atoms with Crippen molar-refractivity contribution in [2.45, 2.75) is 51.5 Å². The zero-order valence-electron chi connectivity index (χ0n) is 12.2. The first kappa shape index (κ1) is 14.7. The normalized spacial score (nSPS) is 22.7. The Balaban J connectivity index is 2.07. The fraction of sp³-hybridized carbons (Fsp3) is 0.714. The Morgan fingerprint density at radius 2 is 1.95 bits per heavy atom. The smallest absolute Gasteiger partial charge is 0.329 e. The molecule has 0 radical (unpaired) electrons. The second kappa shape index (κ2) is 6.15. The van der Waals surface area contributed by atoms with Crippen molar-refractivity contribution in [2.24, 2.45) is 13.0 Å². The number of aromatic nitrogens is 2. The first-order valence-corrected chi connectivity index (χ1v) is 7.38. The van der Waals surface area contributed by atoms with Crippen molar-refractivity contribution in [3.63, 3.8) is 0 Å². The Bertz CT molecular complexity index is 568. The molecular formula is C14H24N4O2. The highest BCUT2D eigenvalue weighted by molar-refractivity contribution is 5.60. The zero-order valence-corrected chi connectivity index (χ0v) is 12.2. The molecule has 4 N–H and O–H groups in total. The third-order valence-corrected chi connectivity index (χ3v) is 4.26. The van der Waals surface area contributed by atoms with Gasteiger partial charge >= 0.3 is 5.69 Å². The number of aromatic amines is 1. The van der Waals surface area contributed by atoms with E-state index in [9.17, 15) is 9.59 Å². The van der Waals surface area contributed by atoms with Gasteiger partial charge in [0.1, 0.15) is 11.5 Å². The van der Waals surface area contributed by atoms with Crippen LogP contribution < -0.4 is 22.3 Å². The van der Waals surface area contributed by atoms with Gasteiger partial charge in [-0.3, -0.25) is 14.3 Å². The van der Waals surface area contributed by atoms with E-state index in [2.05, 4.69) is 17.2 Å². The fourth-order valence-electron chi connectivity index (χ4n) is 2.98. The molecular weight excluding hydrogens is 256 g/mol. The van der Waals surface area contributed by atoms with E-state index in [1.165, 1.54) is 30.3 Å². The summed E-state index contributed by atoms with van der Waals surface area (Å²) in [6.07, 6.45) is 6.99. The van der Waals surface area contributed by atoms with E-state index in [0.717, 1.165) is 18.8 Å². The van der Waals surface area contributed by atoms with Crippen LogP contribution in [0.15, 0.2) is 9.59 Å². The first-order valence-electron chi connectivity index (χ1n) is 7.38. The molecule has 0 amide bonds. The molecule has 1 saturated carbocycles. The van der Waals surface area contributed by atoms with Crippen molar-refractivity contribution < 1.29 is 0 Å². The van der Waals surface area contributed by atoms with Crippen molar-refractivity contribution in [3.05, 3.63) is 20.8 Å². The van der Waals surface area contributed by atoms with E-state index >= 15 is 0 Å². The van der Waals surface area contributed by atoms with Crippen LogP contribution in [-0.4, -0.2) is 15.6 Å². The average Bonchev–Trinajstić information content (AvgIpc) is 2.43. The maximum atomic E-state index is 11.8. The highest BCUT2D eigenvalue weighted by Gasteiger charge is 2.22. The summed E-state index contributed by atoms with van der Waals surface area (Å²) in [5.74, 6) is 1.02. The molecule has 1 aromatic heterocycles. The van der Waals surface area contributed by atoms with E-state index in [1.54, 1.807) is 7.05 Å². The monoisotopic (exact) mass is 280 g/mol. The zero-order chi connectivity index (χ0) is 14.7. The van der Waals surface area contributed by atoms with Gasteiger partial charge in [0, 0.05) is 13.1 Å². The number of anilines is 2. The van der Waals surface area contributed by atoms with Crippen molar-refractivity contribution in [1.29, 1.82) is 0 Å². The van der Waals surface area contributed by atoms with E-state index in [1.807, 2.05) is 0 Å². The molecule has 0 aliphatic heterocycles. The van der Waals surface area contributed by atoms with E-state index < -0.39 is 11.2 Å². The molecule has 112 valence electrons. The molecule has 6 heteroatoms. The van der Waals surface area contributed by atoms with E-state index in [-0.39, 0.29) is 11.9 Å². The van der Waals surface area contributed by atoms with Gasteiger partial charge in [0.2, 0.25) is 0 Å². The average molecular weight is 280 g/mol. The lowest BCUT2D eigenvalue weighted by Crippen LogP contribution is -2.35. The van der Waals surface area contributed by atoms with Crippen molar-refractivity contribution in [2.75, 3.05) is 11.1 Å². The van der Waals surface area contributed by atoms with E-state index in [4.69, 9.17) is 5.73 Å². The number of nitrogens with one attached hydrogen (secondary N) is 2. The number of rotatable bonds is 4. The summed E-state index contributed by atoms with van der Waals surface area (Å²) >= 11 is 0. The van der Waals surface area contributed by atoms with Gasteiger partial charge in [0.05, 0.1) is 0 Å². The van der Waals surface area contributed by atoms with Gasteiger partial charge in [-0.15, -0.1) is 0 Å². The Kier molecular flexibility index (Phi) is 4.52. The summed E-state index contributed by atoms with van der Waals surface area (Å²) in [7, 11) is 1.55. The molecule has 0 unspecified atom stereocenters.